The Morgan fingerprint density at radius 3 is 2.60 bits per heavy atom. The molecule has 2 aromatic carbocycles. The zero-order valence-corrected chi connectivity index (χ0v) is 14.1. The van der Waals surface area contributed by atoms with Gasteiger partial charge in [-0.1, -0.05) is 0 Å². The first-order chi connectivity index (χ1) is 11.9. The first kappa shape index (κ1) is 17.0. The molecule has 0 spiro atoms. The molecule has 0 fully saturated rings. The molecule has 3 aromatic rings. The number of carbonyl (C=O) groups is 1. The summed E-state index contributed by atoms with van der Waals surface area (Å²) in [4.78, 5) is 15.1. The number of aliphatic hydroxyl groups excluding tert-OH is 1. The van der Waals surface area contributed by atoms with Gasteiger partial charge in [-0.25, -0.2) is 4.98 Å². The van der Waals surface area contributed by atoms with Crippen molar-refractivity contribution in [2.24, 2.45) is 0 Å². The molecule has 0 aliphatic rings. The van der Waals surface area contributed by atoms with Crippen LogP contribution in [0.3, 0.4) is 0 Å². The zero-order chi connectivity index (χ0) is 18.0. The predicted molar refractivity (Wildman–Crippen MR) is 91.5 cm³/mol. The highest BCUT2D eigenvalue weighted by atomic mass is 16.5. The Morgan fingerprint density at radius 1 is 1.24 bits per heavy atom. The van der Waals surface area contributed by atoms with Crippen molar-refractivity contribution in [3.63, 3.8) is 0 Å². The summed E-state index contributed by atoms with van der Waals surface area (Å²) in [6.07, 6.45) is 0.987. The number of ether oxygens (including phenoxy) is 1. The monoisotopic (exact) mass is 339 g/mol. The van der Waals surface area contributed by atoms with Gasteiger partial charge in [-0.15, -0.1) is 0 Å². The number of nitrogens with zero attached hydrogens (tertiary/aromatic N) is 2. The first-order valence-electron chi connectivity index (χ1n) is 7.98. The third-order valence-corrected chi connectivity index (χ3v) is 4.18. The van der Waals surface area contributed by atoms with Crippen LogP contribution in [0.1, 0.15) is 21.5 Å². The second kappa shape index (κ2) is 6.94. The maximum absolute atomic E-state index is 10.7. The fourth-order valence-electron chi connectivity index (χ4n) is 2.62. The number of carbonyl (C=O) groups excluding carboxylic acids is 1. The molecular formula is C19H19N2O4-. The topological polar surface area (TPSA) is 87.4 Å². The molecule has 25 heavy (non-hydrogen) atoms. The minimum atomic E-state index is -1.23. The first-order valence-corrected chi connectivity index (χ1v) is 7.98. The van der Waals surface area contributed by atoms with Crippen molar-refractivity contribution < 1.29 is 19.7 Å². The van der Waals surface area contributed by atoms with Gasteiger partial charge in [-0.2, -0.15) is 0 Å². The third kappa shape index (κ3) is 3.80. The van der Waals surface area contributed by atoms with Gasteiger partial charge in [0.25, 0.3) is 0 Å². The molecule has 1 N–H and O–H groups in total. The van der Waals surface area contributed by atoms with Crippen LogP contribution >= 0.6 is 0 Å². The summed E-state index contributed by atoms with van der Waals surface area (Å²) in [5.74, 6) is -0.741. The van der Waals surface area contributed by atoms with Crippen molar-refractivity contribution in [3.8, 4) is 5.75 Å². The molecule has 1 unspecified atom stereocenters. The van der Waals surface area contributed by atoms with Crippen LogP contribution in [0.15, 0.2) is 42.7 Å². The van der Waals surface area contributed by atoms with Crippen molar-refractivity contribution in [1.29, 1.82) is 0 Å². The number of carboxylic acids is 1. The summed E-state index contributed by atoms with van der Waals surface area (Å²) < 4.78 is 7.41. The number of fused-ring (bicyclic) bond motifs is 1. The molecule has 1 heterocycles. The number of carboxylic acid groups (broad SMARTS) is 1. The van der Waals surface area contributed by atoms with E-state index < -0.39 is 12.1 Å². The zero-order valence-electron chi connectivity index (χ0n) is 14.1. The largest absolute Gasteiger partial charge is 0.545 e. The fraction of sp³-hybridized carbons (Fsp3) is 0.263. The number of rotatable bonds is 6. The van der Waals surface area contributed by atoms with Gasteiger partial charge in [0.2, 0.25) is 0 Å². The summed E-state index contributed by atoms with van der Waals surface area (Å²) in [5, 5.41) is 20.9. The number of aromatic carboxylic acids is 1. The van der Waals surface area contributed by atoms with E-state index >= 15 is 0 Å². The highest BCUT2D eigenvalue weighted by Gasteiger charge is 2.11. The molecule has 0 bridgehead atoms. The van der Waals surface area contributed by atoms with E-state index in [1.807, 2.05) is 24.5 Å². The second-order valence-corrected chi connectivity index (χ2v) is 6.10. The number of aromatic nitrogens is 2. The highest BCUT2D eigenvalue weighted by molar-refractivity contribution is 5.85. The maximum Gasteiger partial charge on any atom is 0.119 e. The smallest absolute Gasteiger partial charge is 0.119 e. The Bertz CT molecular complexity index is 900. The standard InChI is InChI=1S/C19H20N2O4/c1-12-7-17-18(8-13(12)2)21(11-20-17)9-15(22)10-25-16-5-3-14(4-6-16)19(23)24/h3-8,11,15,22H,9-10H2,1-2H3,(H,23,24)/p-1. The summed E-state index contributed by atoms with van der Waals surface area (Å²) in [5.41, 5.74) is 4.31. The summed E-state index contributed by atoms with van der Waals surface area (Å²) >= 11 is 0. The molecule has 1 atom stereocenters. The lowest BCUT2D eigenvalue weighted by Gasteiger charge is -2.14. The molecule has 0 radical (unpaired) electrons. The Hall–Kier alpha value is -2.86. The normalized spacial score (nSPS) is 12.3. The number of hydrogen-bond donors (Lipinski definition) is 1. The molecular weight excluding hydrogens is 320 g/mol. The summed E-state index contributed by atoms with van der Waals surface area (Å²) in [7, 11) is 0. The van der Waals surface area contributed by atoms with E-state index in [0.29, 0.717) is 12.3 Å². The third-order valence-electron chi connectivity index (χ3n) is 4.18. The van der Waals surface area contributed by atoms with Gasteiger partial charge in [0.15, 0.2) is 0 Å². The lowest BCUT2D eigenvalue weighted by molar-refractivity contribution is -0.255. The van der Waals surface area contributed by atoms with Crippen molar-refractivity contribution in [2.45, 2.75) is 26.5 Å². The van der Waals surface area contributed by atoms with Gasteiger partial charge >= 0.3 is 0 Å². The quantitative estimate of drug-likeness (QED) is 0.734. The lowest BCUT2D eigenvalue weighted by atomic mass is 10.1. The number of imidazole rings is 1. The maximum atomic E-state index is 10.7. The minimum absolute atomic E-state index is 0.0865. The Balaban J connectivity index is 1.63. The average Bonchev–Trinajstić information content (AvgIpc) is 2.95. The molecule has 1 aromatic heterocycles. The molecule has 6 heteroatoms. The van der Waals surface area contributed by atoms with Crippen molar-refractivity contribution in [2.75, 3.05) is 6.61 Å². The Morgan fingerprint density at radius 2 is 1.92 bits per heavy atom. The molecule has 0 amide bonds. The van der Waals surface area contributed by atoms with Crippen LogP contribution in [0, 0.1) is 13.8 Å². The van der Waals surface area contributed by atoms with Crippen LogP contribution in [0.2, 0.25) is 0 Å². The van der Waals surface area contributed by atoms with E-state index in [1.54, 1.807) is 6.33 Å². The highest BCUT2D eigenvalue weighted by Crippen LogP contribution is 2.19. The number of hydrogen-bond acceptors (Lipinski definition) is 5. The number of aryl methyl sites for hydroxylation is 2. The van der Waals surface area contributed by atoms with E-state index in [1.165, 1.54) is 35.4 Å². The van der Waals surface area contributed by atoms with E-state index in [2.05, 4.69) is 11.1 Å². The van der Waals surface area contributed by atoms with Gasteiger partial charge in [0.05, 0.1) is 29.9 Å². The van der Waals surface area contributed by atoms with Crippen LogP contribution in [-0.2, 0) is 6.54 Å². The Kier molecular flexibility index (Phi) is 4.72. The van der Waals surface area contributed by atoms with Crippen molar-refractivity contribution in [1.82, 2.24) is 9.55 Å². The van der Waals surface area contributed by atoms with Crippen LogP contribution in [-0.4, -0.2) is 33.3 Å². The van der Waals surface area contributed by atoms with E-state index in [-0.39, 0.29) is 12.2 Å². The fourth-order valence-corrected chi connectivity index (χ4v) is 2.62. The predicted octanol–water partition coefficient (Wildman–Crippen LogP) is 1.46. The minimum Gasteiger partial charge on any atom is -0.545 e. The molecule has 0 saturated carbocycles. The van der Waals surface area contributed by atoms with Crippen LogP contribution in [0.25, 0.3) is 11.0 Å². The van der Waals surface area contributed by atoms with E-state index in [4.69, 9.17) is 4.74 Å². The van der Waals surface area contributed by atoms with Gasteiger partial charge in [-0.3, -0.25) is 0 Å². The molecule has 3 rings (SSSR count). The summed E-state index contributed by atoms with van der Waals surface area (Å²) in [6.45, 7) is 4.54. The number of aliphatic hydroxyl groups is 1. The van der Waals surface area contributed by atoms with E-state index in [9.17, 15) is 15.0 Å². The second-order valence-electron chi connectivity index (χ2n) is 6.10. The van der Waals surface area contributed by atoms with Gasteiger partial charge < -0.3 is 24.3 Å². The van der Waals surface area contributed by atoms with Gasteiger partial charge in [0, 0.05) is 0 Å². The van der Waals surface area contributed by atoms with Crippen LogP contribution in [0.5, 0.6) is 5.75 Å². The SMILES string of the molecule is Cc1cc2ncn(CC(O)COc3ccc(C(=O)[O-])cc3)c2cc1C. The Labute approximate surface area is 145 Å². The average molecular weight is 339 g/mol. The van der Waals surface area contributed by atoms with Crippen LogP contribution in [0.4, 0.5) is 0 Å². The van der Waals surface area contributed by atoms with E-state index in [0.717, 1.165) is 11.0 Å². The number of benzene rings is 2. The van der Waals surface area contributed by atoms with Gasteiger partial charge in [-0.05, 0) is 66.9 Å². The van der Waals surface area contributed by atoms with Gasteiger partial charge in [0.1, 0.15) is 18.5 Å². The summed E-state index contributed by atoms with van der Waals surface area (Å²) in [6, 6.07) is 9.98. The molecule has 0 saturated heterocycles. The van der Waals surface area contributed by atoms with Crippen molar-refractivity contribution in [3.05, 3.63) is 59.4 Å². The lowest BCUT2D eigenvalue weighted by Crippen LogP contribution is -2.23. The molecule has 0 aliphatic heterocycles. The molecule has 0 aliphatic carbocycles. The van der Waals surface area contributed by atoms with Crippen LogP contribution < -0.4 is 9.84 Å². The van der Waals surface area contributed by atoms with Crippen molar-refractivity contribution >= 4 is 17.0 Å². The molecule has 6 nitrogen and oxygen atoms in total. The molecule has 130 valence electrons.